The first-order valence-electron chi connectivity index (χ1n) is 8.18. The molecule has 1 saturated heterocycles. The van der Waals surface area contributed by atoms with Gasteiger partial charge in [-0.25, -0.2) is 8.42 Å². The van der Waals surface area contributed by atoms with Crippen molar-refractivity contribution in [3.63, 3.8) is 0 Å². The second-order valence-electron chi connectivity index (χ2n) is 6.35. The van der Waals surface area contributed by atoms with E-state index in [1.54, 1.807) is 28.8 Å². The summed E-state index contributed by atoms with van der Waals surface area (Å²) in [4.78, 5) is 14.0. The molecule has 1 aromatic rings. The van der Waals surface area contributed by atoms with E-state index in [0.717, 1.165) is 0 Å². The fourth-order valence-electron chi connectivity index (χ4n) is 3.29. The Morgan fingerprint density at radius 1 is 1.30 bits per heavy atom. The summed E-state index contributed by atoms with van der Waals surface area (Å²) in [6.07, 6.45) is 6.96. The van der Waals surface area contributed by atoms with Crippen LogP contribution >= 0.6 is 11.8 Å². The van der Waals surface area contributed by atoms with Gasteiger partial charge >= 0.3 is 0 Å². The third kappa shape index (κ3) is 4.32. The molecule has 128 valence electrons. The SMILES string of the molecule is O=C(CSC1CCCC1)N1CC[C@H](S(=O)(=O)Cc2ccco2)C1. The molecular formula is C16H23NO4S2. The first kappa shape index (κ1) is 16.9. The Hall–Kier alpha value is -0.950. The van der Waals surface area contributed by atoms with Crippen LogP contribution in [0, 0.1) is 0 Å². The summed E-state index contributed by atoms with van der Waals surface area (Å²) >= 11 is 1.74. The Labute approximate surface area is 141 Å². The molecule has 1 aliphatic heterocycles. The highest BCUT2D eigenvalue weighted by atomic mass is 32.2. The highest BCUT2D eigenvalue weighted by Gasteiger charge is 2.35. The molecule has 0 spiro atoms. The molecule has 5 nitrogen and oxygen atoms in total. The lowest BCUT2D eigenvalue weighted by Crippen LogP contribution is -2.33. The molecule has 2 heterocycles. The molecule has 2 fully saturated rings. The number of sulfone groups is 1. The third-order valence-corrected chi connectivity index (χ3v) is 8.12. The standard InChI is InChI=1S/C16H23NO4S2/c18-16(11-22-14-5-1-2-6-14)17-8-7-15(10-17)23(19,20)12-13-4-3-9-21-13/h3-4,9,14-15H,1-2,5-8,10-12H2/t15-/m0/s1. The average molecular weight is 357 g/mol. The molecule has 0 unspecified atom stereocenters. The molecule has 1 aliphatic carbocycles. The van der Waals surface area contributed by atoms with E-state index in [1.165, 1.54) is 31.9 Å². The number of furan rings is 1. The van der Waals surface area contributed by atoms with Gasteiger partial charge < -0.3 is 9.32 Å². The maximum absolute atomic E-state index is 12.4. The predicted molar refractivity (Wildman–Crippen MR) is 91.0 cm³/mol. The summed E-state index contributed by atoms with van der Waals surface area (Å²) < 4.78 is 30.0. The van der Waals surface area contributed by atoms with E-state index in [1.807, 2.05) is 0 Å². The number of nitrogens with zero attached hydrogens (tertiary/aromatic N) is 1. The van der Waals surface area contributed by atoms with Crippen LogP contribution in [0.4, 0.5) is 0 Å². The topological polar surface area (TPSA) is 67.6 Å². The van der Waals surface area contributed by atoms with E-state index >= 15 is 0 Å². The zero-order valence-electron chi connectivity index (χ0n) is 13.1. The van der Waals surface area contributed by atoms with Gasteiger partial charge in [0.15, 0.2) is 9.84 Å². The van der Waals surface area contributed by atoms with Crippen LogP contribution in [0.2, 0.25) is 0 Å². The number of hydrogen-bond acceptors (Lipinski definition) is 5. The van der Waals surface area contributed by atoms with Crippen molar-refractivity contribution >= 4 is 27.5 Å². The van der Waals surface area contributed by atoms with Crippen molar-refractivity contribution in [1.29, 1.82) is 0 Å². The quantitative estimate of drug-likeness (QED) is 0.782. The van der Waals surface area contributed by atoms with Crippen molar-refractivity contribution in [2.75, 3.05) is 18.8 Å². The van der Waals surface area contributed by atoms with Crippen molar-refractivity contribution in [3.8, 4) is 0 Å². The normalized spacial score (nSPS) is 22.8. The van der Waals surface area contributed by atoms with Gasteiger partial charge in [0, 0.05) is 18.3 Å². The van der Waals surface area contributed by atoms with Crippen LogP contribution in [0.15, 0.2) is 22.8 Å². The van der Waals surface area contributed by atoms with Crippen molar-refractivity contribution in [3.05, 3.63) is 24.2 Å². The van der Waals surface area contributed by atoms with Gasteiger partial charge in [-0.1, -0.05) is 12.8 Å². The molecule has 23 heavy (non-hydrogen) atoms. The van der Waals surface area contributed by atoms with Crippen molar-refractivity contribution in [1.82, 2.24) is 4.90 Å². The minimum Gasteiger partial charge on any atom is -0.468 e. The third-order valence-electron chi connectivity index (χ3n) is 4.67. The van der Waals surface area contributed by atoms with Crippen LogP contribution < -0.4 is 0 Å². The highest BCUT2D eigenvalue weighted by Crippen LogP contribution is 2.30. The Bertz CT molecular complexity index is 621. The maximum Gasteiger partial charge on any atom is 0.232 e. The molecule has 1 atom stereocenters. The number of rotatable bonds is 6. The highest BCUT2D eigenvalue weighted by molar-refractivity contribution is 8.00. The van der Waals surface area contributed by atoms with Crippen molar-refractivity contribution < 1.29 is 17.6 Å². The first-order chi connectivity index (χ1) is 11.0. The number of carbonyl (C=O) groups excluding carboxylic acids is 1. The predicted octanol–water partition coefficient (Wildman–Crippen LogP) is 2.47. The van der Waals surface area contributed by atoms with Crippen molar-refractivity contribution in [2.24, 2.45) is 0 Å². The zero-order chi connectivity index (χ0) is 16.3. The lowest BCUT2D eigenvalue weighted by atomic mass is 10.4. The minimum absolute atomic E-state index is 0.0798. The van der Waals surface area contributed by atoms with Crippen molar-refractivity contribution in [2.45, 2.75) is 48.4 Å². The van der Waals surface area contributed by atoms with E-state index in [2.05, 4.69) is 0 Å². The molecule has 0 radical (unpaired) electrons. The largest absolute Gasteiger partial charge is 0.468 e. The summed E-state index contributed by atoms with van der Waals surface area (Å²) in [5.74, 6) is 0.947. The second-order valence-corrected chi connectivity index (χ2v) is 9.92. The van der Waals surface area contributed by atoms with Crippen LogP contribution in [-0.2, 0) is 20.4 Å². The molecule has 7 heteroatoms. The Balaban J connectivity index is 1.50. The lowest BCUT2D eigenvalue weighted by Gasteiger charge is -2.17. The van der Waals surface area contributed by atoms with E-state index < -0.39 is 15.1 Å². The number of hydrogen-bond donors (Lipinski definition) is 0. The van der Waals surface area contributed by atoms with Crippen LogP contribution in [0.5, 0.6) is 0 Å². The molecule has 3 rings (SSSR count). The fraction of sp³-hybridized carbons (Fsp3) is 0.688. The smallest absolute Gasteiger partial charge is 0.232 e. The van der Waals surface area contributed by atoms with E-state index in [4.69, 9.17) is 4.42 Å². The summed E-state index contributed by atoms with van der Waals surface area (Å²) in [6, 6.07) is 3.36. The zero-order valence-corrected chi connectivity index (χ0v) is 14.8. The van der Waals surface area contributed by atoms with Crippen LogP contribution in [0.1, 0.15) is 37.9 Å². The number of amides is 1. The summed E-state index contributed by atoms with van der Waals surface area (Å²) in [7, 11) is -3.27. The maximum atomic E-state index is 12.4. The minimum atomic E-state index is -3.27. The molecule has 2 aliphatic rings. The Morgan fingerprint density at radius 3 is 2.78 bits per heavy atom. The Kier molecular flexibility index (Phi) is 5.36. The number of likely N-dealkylation sites (tertiary alicyclic amines) is 1. The molecular weight excluding hydrogens is 334 g/mol. The van der Waals surface area contributed by atoms with Gasteiger partial charge in [-0.2, -0.15) is 0 Å². The molecule has 0 bridgehead atoms. The van der Waals surface area contributed by atoms with E-state index in [-0.39, 0.29) is 11.7 Å². The summed E-state index contributed by atoms with van der Waals surface area (Å²) in [6.45, 7) is 0.874. The molecule has 0 aromatic carbocycles. The molecule has 1 saturated carbocycles. The van der Waals surface area contributed by atoms with E-state index in [9.17, 15) is 13.2 Å². The number of thioether (sulfide) groups is 1. The second kappa shape index (κ2) is 7.30. The molecule has 1 amide bonds. The van der Waals surface area contributed by atoms with Gasteiger partial charge in [0.25, 0.3) is 0 Å². The van der Waals surface area contributed by atoms with Crippen LogP contribution in [0.3, 0.4) is 0 Å². The molecule has 1 aromatic heterocycles. The summed E-state index contributed by atoms with van der Waals surface area (Å²) in [5.41, 5.74) is 0. The van der Waals surface area contributed by atoms with Crippen LogP contribution in [0.25, 0.3) is 0 Å². The average Bonchev–Trinajstić information content (AvgIpc) is 3.25. The van der Waals surface area contributed by atoms with Gasteiger partial charge in [0.05, 0.1) is 17.3 Å². The Morgan fingerprint density at radius 2 is 2.09 bits per heavy atom. The first-order valence-corrected chi connectivity index (χ1v) is 10.9. The van der Waals surface area contributed by atoms with E-state index in [0.29, 0.717) is 36.3 Å². The lowest BCUT2D eigenvalue weighted by molar-refractivity contribution is -0.127. The van der Waals surface area contributed by atoms with Gasteiger partial charge in [-0.15, -0.1) is 11.8 Å². The van der Waals surface area contributed by atoms with Gasteiger partial charge in [-0.3, -0.25) is 4.79 Å². The fourth-order valence-corrected chi connectivity index (χ4v) is 6.19. The summed E-state index contributed by atoms with van der Waals surface area (Å²) in [5, 5.41) is 0.146. The van der Waals surface area contributed by atoms with Gasteiger partial charge in [0.2, 0.25) is 5.91 Å². The van der Waals surface area contributed by atoms with Gasteiger partial charge in [0.1, 0.15) is 11.5 Å². The number of carbonyl (C=O) groups is 1. The van der Waals surface area contributed by atoms with Crippen LogP contribution in [-0.4, -0.2) is 48.6 Å². The monoisotopic (exact) mass is 357 g/mol. The van der Waals surface area contributed by atoms with Gasteiger partial charge in [-0.05, 0) is 31.4 Å². The molecule has 0 N–H and O–H groups in total.